The van der Waals surface area contributed by atoms with Gasteiger partial charge in [-0.15, -0.1) is 0 Å². The first-order valence-electron chi connectivity index (χ1n) is 5.95. The number of benzene rings is 1. The van der Waals surface area contributed by atoms with Crippen LogP contribution >= 0.6 is 0 Å². The molecule has 0 aliphatic carbocycles. The lowest BCUT2D eigenvalue weighted by atomic mass is 9.75. The lowest BCUT2D eigenvalue weighted by molar-refractivity contribution is 0.00578. The molecule has 0 atom stereocenters. The first kappa shape index (κ1) is 12.5. The van der Waals surface area contributed by atoms with E-state index in [0.29, 0.717) is 0 Å². The predicted molar refractivity (Wildman–Crippen MR) is 71.3 cm³/mol. The van der Waals surface area contributed by atoms with Crippen LogP contribution in [0, 0.1) is 6.92 Å². The average Bonchev–Trinajstić information content (AvgIpc) is 2.35. The minimum Gasteiger partial charge on any atom is -0.399 e. The van der Waals surface area contributed by atoms with Gasteiger partial charge in [0.15, 0.2) is 0 Å². The van der Waals surface area contributed by atoms with Gasteiger partial charge in [0, 0.05) is 11.2 Å². The quantitative estimate of drug-likeness (QED) is 0.595. The molecule has 2 N–H and O–H groups in total. The van der Waals surface area contributed by atoms with Gasteiger partial charge >= 0.3 is 7.12 Å². The highest BCUT2D eigenvalue weighted by molar-refractivity contribution is 6.64. The van der Waals surface area contributed by atoms with Crippen LogP contribution in [0.2, 0.25) is 0 Å². The first-order valence-corrected chi connectivity index (χ1v) is 5.95. The standard InChI is InChI=1S/C13H20BNO2/c1-9-7-6-8-10(15)11(9)14-16-12(2,3)13(4,5)17-14/h6-8H,15H2,1-5H3. The fourth-order valence-corrected chi connectivity index (χ4v) is 1.99. The molecule has 0 unspecified atom stereocenters. The zero-order chi connectivity index (χ0) is 12.8. The van der Waals surface area contributed by atoms with Crippen LogP contribution in [0.4, 0.5) is 5.69 Å². The van der Waals surface area contributed by atoms with E-state index in [1.807, 2.05) is 52.8 Å². The van der Waals surface area contributed by atoms with Crippen molar-refractivity contribution in [1.82, 2.24) is 0 Å². The Morgan fingerprint density at radius 1 is 1.06 bits per heavy atom. The van der Waals surface area contributed by atoms with E-state index in [4.69, 9.17) is 15.0 Å². The van der Waals surface area contributed by atoms with Gasteiger partial charge in [-0.05, 0) is 46.2 Å². The Bertz CT molecular complexity index is 407. The van der Waals surface area contributed by atoms with Crippen LogP contribution in [0.5, 0.6) is 0 Å². The molecule has 0 saturated carbocycles. The van der Waals surface area contributed by atoms with E-state index in [0.717, 1.165) is 16.7 Å². The van der Waals surface area contributed by atoms with Crippen molar-refractivity contribution in [3.05, 3.63) is 23.8 Å². The predicted octanol–water partition coefficient (Wildman–Crippen LogP) is 1.88. The minimum atomic E-state index is -0.374. The lowest BCUT2D eigenvalue weighted by Crippen LogP contribution is -2.41. The maximum Gasteiger partial charge on any atom is 0.497 e. The molecule has 0 radical (unpaired) electrons. The largest absolute Gasteiger partial charge is 0.497 e. The number of rotatable bonds is 1. The van der Waals surface area contributed by atoms with E-state index >= 15 is 0 Å². The van der Waals surface area contributed by atoms with Crippen LogP contribution in [0.25, 0.3) is 0 Å². The summed E-state index contributed by atoms with van der Waals surface area (Å²) in [4.78, 5) is 0. The summed E-state index contributed by atoms with van der Waals surface area (Å²) in [5, 5.41) is 0. The van der Waals surface area contributed by atoms with Crippen LogP contribution in [-0.2, 0) is 9.31 Å². The molecule has 0 aromatic heterocycles. The third-order valence-corrected chi connectivity index (χ3v) is 3.85. The Morgan fingerprint density at radius 3 is 2.06 bits per heavy atom. The van der Waals surface area contributed by atoms with Crippen molar-refractivity contribution in [3.63, 3.8) is 0 Å². The first-order chi connectivity index (χ1) is 7.74. The molecule has 1 saturated heterocycles. The zero-order valence-electron chi connectivity index (χ0n) is 11.2. The van der Waals surface area contributed by atoms with E-state index in [-0.39, 0.29) is 18.3 Å². The molecule has 1 heterocycles. The van der Waals surface area contributed by atoms with E-state index < -0.39 is 0 Å². The molecule has 17 heavy (non-hydrogen) atoms. The Morgan fingerprint density at radius 2 is 1.59 bits per heavy atom. The number of aryl methyl sites for hydroxylation is 1. The number of hydrogen-bond donors (Lipinski definition) is 1. The number of nitrogens with two attached hydrogens (primary N) is 1. The van der Waals surface area contributed by atoms with E-state index in [2.05, 4.69) is 0 Å². The van der Waals surface area contributed by atoms with Crippen molar-refractivity contribution in [3.8, 4) is 0 Å². The molecular weight excluding hydrogens is 213 g/mol. The highest BCUT2D eigenvalue weighted by atomic mass is 16.7. The highest BCUT2D eigenvalue weighted by Gasteiger charge is 2.52. The molecular formula is C13H20BNO2. The van der Waals surface area contributed by atoms with Crippen molar-refractivity contribution in [1.29, 1.82) is 0 Å². The molecule has 1 aromatic rings. The fourth-order valence-electron chi connectivity index (χ4n) is 1.99. The van der Waals surface area contributed by atoms with Crippen molar-refractivity contribution < 1.29 is 9.31 Å². The second-order valence-electron chi connectivity index (χ2n) is 5.67. The van der Waals surface area contributed by atoms with Crippen molar-refractivity contribution in [2.75, 3.05) is 5.73 Å². The van der Waals surface area contributed by atoms with Crippen LogP contribution in [0.1, 0.15) is 33.3 Å². The maximum atomic E-state index is 6.02. The molecule has 2 rings (SSSR count). The molecule has 0 amide bonds. The summed E-state index contributed by atoms with van der Waals surface area (Å²) in [6, 6.07) is 5.85. The Hall–Kier alpha value is -0.995. The van der Waals surface area contributed by atoms with Gasteiger partial charge in [0.05, 0.1) is 11.2 Å². The summed E-state index contributed by atoms with van der Waals surface area (Å²) in [6.07, 6.45) is 0. The third-order valence-electron chi connectivity index (χ3n) is 3.85. The van der Waals surface area contributed by atoms with Gasteiger partial charge < -0.3 is 15.0 Å². The van der Waals surface area contributed by atoms with Crippen LogP contribution in [0.15, 0.2) is 18.2 Å². The maximum absolute atomic E-state index is 6.02. The molecule has 1 fully saturated rings. The topological polar surface area (TPSA) is 44.5 Å². The Balaban J connectivity index is 2.39. The minimum absolute atomic E-state index is 0.327. The summed E-state index contributed by atoms with van der Waals surface area (Å²) in [7, 11) is -0.374. The van der Waals surface area contributed by atoms with Gasteiger partial charge in [0.25, 0.3) is 0 Å². The highest BCUT2D eigenvalue weighted by Crippen LogP contribution is 2.37. The average molecular weight is 233 g/mol. The second kappa shape index (κ2) is 3.75. The fraction of sp³-hybridized carbons (Fsp3) is 0.538. The number of nitrogen functional groups attached to an aromatic ring is 1. The van der Waals surface area contributed by atoms with Crippen molar-refractivity contribution in [2.24, 2.45) is 0 Å². The van der Waals surface area contributed by atoms with Crippen molar-refractivity contribution in [2.45, 2.75) is 45.8 Å². The molecule has 0 spiro atoms. The van der Waals surface area contributed by atoms with Gasteiger partial charge in [0.2, 0.25) is 0 Å². The SMILES string of the molecule is Cc1cccc(N)c1B1OC(C)(C)C(C)(C)O1. The summed E-state index contributed by atoms with van der Waals surface area (Å²) in [6.45, 7) is 10.2. The Kier molecular flexibility index (Phi) is 2.75. The van der Waals surface area contributed by atoms with E-state index in [1.165, 1.54) is 0 Å². The smallest absolute Gasteiger partial charge is 0.399 e. The van der Waals surface area contributed by atoms with Crippen LogP contribution < -0.4 is 11.2 Å². The monoisotopic (exact) mass is 233 g/mol. The lowest BCUT2D eigenvalue weighted by Gasteiger charge is -2.32. The summed E-state index contributed by atoms with van der Waals surface area (Å²) < 4.78 is 12.0. The van der Waals surface area contributed by atoms with E-state index in [9.17, 15) is 0 Å². The van der Waals surface area contributed by atoms with Crippen LogP contribution in [0.3, 0.4) is 0 Å². The van der Waals surface area contributed by atoms with Gasteiger partial charge in [-0.25, -0.2) is 0 Å². The van der Waals surface area contributed by atoms with Gasteiger partial charge in [-0.1, -0.05) is 12.1 Å². The normalized spacial score (nSPS) is 21.8. The molecule has 1 aromatic carbocycles. The zero-order valence-corrected chi connectivity index (χ0v) is 11.2. The summed E-state index contributed by atoms with van der Waals surface area (Å²) in [5.74, 6) is 0. The number of anilines is 1. The van der Waals surface area contributed by atoms with Gasteiger partial charge in [0.1, 0.15) is 0 Å². The molecule has 0 bridgehead atoms. The van der Waals surface area contributed by atoms with E-state index in [1.54, 1.807) is 0 Å². The summed E-state index contributed by atoms with van der Waals surface area (Å²) in [5.41, 5.74) is 8.14. The number of hydrogen-bond acceptors (Lipinski definition) is 3. The third kappa shape index (κ3) is 1.96. The summed E-state index contributed by atoms with van der Waals surface area (Å²) >= 11 is 0. The van der Waals surface area contributed by atoms with Gasteiger partial charge in [-0.2, -0.15) is 0 Å². The molecule has 1 aliphatic heterocycles. The van der Waals surface area contributed by atoms with Crippen molar-refractivity contribution >= 4 is 18.3 Å². The molecule has 3 nitrogen and oxygen atoms in total. The molecule has 92 valence electrons. The molecule has 1 aliphatic rings. The second-order valence-corrected chi connectivity index (χ2v) is 5.67. The Labute approximate surface area is 103 Å². The van der Waals surface area contributed by atoms with Crippen LogP contribution in [-0.4, -0.2) is 18.3 Å². The molecule has 4 heteroatoms. The van der Waals surface area contributed by atoms with Gasteiger partial charge in [-0.3, -0.25) is 0 Å².